The Labute approximate surface area is 219 Å². The molecule has 1 rings (SSSR count). The monoisotopic (exact) mass is 543 g/mol. The van der Waals surface area contributed by atoms with Gasteiger partial charge in [-0.25, -0.2) is 9.78 Å². The number of rotatable bonds is 19. The predicted octanol–water partition coefficient (Wildman–Crippen LogP) is -1.43. The van der Waals surface area contributed by atoms with Crippen molar-refractivity contribution < 1.29 is 34.2 Å². The highest BCUT2D eigenvalue weighted by atomic mass is 32.2. The zero-order valence-corrected chi connectivity index (χ0v) is 21.6. The average molecular weight is 544 g/mol. The van der Waals surface area contributed by atoms with E-state index in [1.807, 2.05) is 0 Å². The average Bonchev–Trinajstić information content (AvgIpc) is 3.36. The number of unbranched alkanes of at least 4 members (excludes halogenated alkanes) is 1. The lowest BCUT2D eigenvalue weighted by atomic mass is 10.1. The Kier molecular flexibility index (Phi) is 14.9. The van der Waals surface area contributed by atoms with Crippen molar-refractivity contribution in [1.82, 2.24) is 25.9 Å². The number of carbonyl (C=O) groups excluding carboxylic acids is 3. The van der Waals surface area contributed by atoms with Crippen molar-refractivity contribution >= 4 is 41.4 Å². The molecule has 10 N–H and O–H groups in total. The number of nitrogens with one attached hydrogen (secondary N) is 4. The Morgan fingerprint density at radius 1 is 0.973 bits per heavy atom. The van der Waals surface area contributed by atoms with Crippen LogP contribution in [0.1, 0.15) is 44.2 Å². The Morgan fingerprint density at radius 2 is 1.59 bits per heavy atom. The van der Waals surface area contributed by atoms with Gasteiger partial charge in [-0.1, -0.05) is 6.42 Å². The van der Waals surface area contributed by atoms with Crippen molar-refractivity contribution in [1.29, 1.82) is 0 Å². The van der Waals surface area contributed by atoms with Crippen LogP contribution in [0.2, 0.25) is 0 Å². The van der Waals surface area contributed by atoms with Crippen LogP contribution in [0.4, 0.5) is 0 Å². The molecule has 1 aromatic rings. The number of amides is 3. The molecule has 37 heavy (non-hydrogen) atoms. The van der Waals surface area contributed by atoms with E-state index in [9.17, 15) is 29.1 Å². The second kappa shape index (κ2) is 17.3. The Hall–Kier alpha value is -3.17. The molecule has 0 fully saturated rings. The van der Waals surface area contributed by atoms with Crippen LogP contribution in [0.15, 0.2) is 12.5 Å². The zero-order valence-electron chi connectivity index (χ0n) is 20.8. The van der Waals surface area contributed by atoms with Crippen LogP contribution in [0.25, 0.3) is 0 Å². The molecule has 0 aliphatic carbocycles. The van der Waals surface area contributed by atoms with Gasteiger partial charge in [-0.05, 0) is 44.2 Å². The highest BCUT2D eigenvalue weighted by molar-refractivity contribution is 7.98. The van der Waals surface area contributed by atoms with Crippen LogP contribution < -0.4 is 27.4 Å². The molecule has 1 aromatic heterocycles. The van der Waals surface area contributed by atoms with Crippen LogP contribution in [0.5, 0.6) is 0 Å². The fourth-order valence-electron chi connectivity index (χ4n) is 3.32. The summed E-state index contributed by atoms with van der Waals surface area (Å²) in [5.41, 5.74) is 11.8. The van der Waals surface area contributed by atoms with Crippen molar-refractivity contribution in [3.63, 3.8) is 0 Å². The zero-order chi connectivity index (χ0) is 27.8. The van der Waals surface area contributed by atoms with Crippen LogP contribution in [0, 0.1) is 0 Å². The van der Waals surface area contributed by atoms with E-state index in [0.29, 0.717) is 37.3 Å². The Morgan fingerprint density at radius 3 is 2.14 bits per heavy atom. The van der Waals surface area contributed by atoms with E-state index in [1.54, 1.807) is 6.26 Å². The van der Waals surface area contributed by atoms with Gasteiger partial charge in [0.1, 0.15) is 18.1 Å². The third-order valence-electron chi connectivity index (χ3n) is 5.42. The third-order valence-corrected chi connectivity index (χ3v) is 6.07. The molecule has 4 atom stereocenters. The molecule has 0 bridgehead atoms. The number of imidazole rings is 1. The highest BCUT2D eigenvalue weighted by Crippen LogP contribution is 2.07. The first kappa shape index (κ1) is 31.9. The van der Waals surface area contributed by atoms with E-state index < -0.39 is 60.2 Å². The number of aromatic amines is 1. The molecule has 1 heterocycles. The summed E-state index contributed by atoms with van der Waals surface area (Å²) < 4.78 is 0. The van der Waals surface area contributed by atoms with E-state index >= 15 is 0 Å². The molecule has 14 nitrogen and oxygen atoms in total. The van der Waals surface area contributed by atoms with Gasteiger partial charge in [0.05, 0.1) is 12.4 Å². The largest absolute Gasteiger partial charge is 0.481 e. The molecule has 0 aromatic carbocycles. The lowest BCUT2D eigenvalue weighted by Crippen LogP contribution is -2.57. The Bertz CT molecular complexity index is 885. The van der Waals surface area contributed by atoms with E-state index in [2.05, 4.69) is 25.9 Å². The maximum absolute atomic E-state index is 13.0. The summed E-state index contributed by atoms with van der Waals surface area (Å²) in [5, 5.41) is 26.0. The SMILES string of the molecule is CSCCC(NC(=O)C(CCC(=O)O)NC(=O)C(N)CCCCN)C(=O)NC(Cc1cnc[nH]1)C(=O)O. The fraction of sp³-hybridized carbons (Fsp3) is 0.636. The van der Waals surface area contributed by atoms with E-state index in [0.717, 1.165) is 0 Å². The van der Waals surface area contributed by atoms with E-state index in [4.69, 9.17) is 16.6 Å². The van der Waals surface area contributed by atoms with Crippen molar-refractivity contribution in [3.05, 3.63) is 18.2 Å². The summed E-state index contributed by atoms with van der Waals surface area (Å²) in [7, 11) is 0. The molecule has 0 saturated heterocycles. The quantitative estimate of drug-likeness (QED) is 0.0939. The standard InChI is InChI=1S/C22H37N7O7S/c1-37-9-7-16(21(34)29-17(22(35)36)10-13-11-25-12-26-13)28-20(33)15(5-6-18(30)31)27-19(32)14(24)4-2-3-8-23/h11-12,14-17H,2-10,23-24H2,1H3,(H,25,26)(H,27,32)(H,28,33)(H,29,34)(H,30,31)(H,35,36). The minimum atomic E-state index is -1.28. The number of carboxylic acid groups (broad SMARTS) is 2. The molecule has 4 unspecified atom stereocenters. The minimum Gasteiger partial charge on any atom is -0.481 e. The lowest BCUT2D eigenvalue weighted by Gasteiger charge is -2.25. The number of carboxylic acids is 2. The summed E-state index contributed by atoms with van der Waals surface area (Å²) in [6, 6.07) is -4.57. The van der Waals surface area contributed by atoms with Gasteiger partial charge in [0.2, 0.25) is 17.7 Å². The number of aliphatic carboxylic acids is 2. The summed E-state index contributed by atoms with van der Waals surface area (Å²) in [6.45, 7) is 0.447. The number of carbonyl (C=O) groups is 5. The molecule has 0 radical (unpaired) electrons. The van der Waals surface area contributed by atoms with Crippen LogP contribution >= 0.6 is 11.8 Å². The predicted molar refractivity (Wildman–Crippen MR) is 136 cm³/mol. The van der Waals surface area contributed by atoms with Gasteiger partial charge in [0, 0.05) is 24.7 Å². The third kappa shape index (κ3) is 12.6. The number of thioether (sulfide) groups is 1. The van der Waals surface area contributed by atoms with E-state index in [1.165, 1.54) is 24.3 Å². The second-order valence-electron chi connectivity index (χ2n) is 8.41. The number of hydrogen-bond donors (Lipinski definition) is 8. The molecule has 0 spiro atoms. The summed E-state index contributed by atoms with van der Waals surface area (Å²) in [5.74, 6) is -4.10. The molecule has 15 heteroatoms. The van der Waals surface area contributed by atoms with Crippen LogP contribution in [0.3, 0.4) is 0 Å². The maximum atomic E-state index is 13.0. The topological polar surface area (TPSA) is 243 Å². The molecular formula is C22H37N7O7S. The number of hydrogen-bond acceptors (Lipinski definition) is 9. The van der Waals surface area contributed by atoms with E-state index in [-0.39, 0.29) is 19.3 Å². The van der Waals surface area contributed by atoms with Gasteiger partial charge < -0.3 is 42.6 Å². The highest BCUT2D eigenvalue weighted by Gasteiger charge is 2.30. The van der Waals surface area contributed by atoms with Crippen LogP contribution in [-0.4, -0.2) is 92.6 Å². The summed E-state index contributed by atoms with van der Waals surface area (Å²) in [6.07, 6.45) is 5.73. The molecular weight excluding hydrogens is 506 g/mol. The lowest BCUT2D eigenvalue weighted by molar-refractivity contribution is -0.142. The first-order valence-corrected chi connectivity index (χ1v) is 13.3. The number of H-pyrrole nitrogens is 1. The summed E-state index contributed by atoms with van der Waals surface area (Å²) >= 11 is 1.42. The first-order valence-electron chi connectivity index (χ1n) is 11.9. The number of aromatic nitrogens is 2. The molecule has 208 valence electrons. The van der Waals surface area contributed by atoms with Crippen molar-refractivity contribution in [2.45, 2.75) is 69.1 Å². The van der Waals surface area contributed by atoms with Crippen molar-refractivity contribution in [2.24, 2.45) is 11.5 Å². The molecule has 0 aliphatic rings. The number of nitrogens with two attached hydrogens (primary N) is 2. The van der Waals surface area contributed by atoms with Gasteiger partial charge in [-0.2, -0.15) is 11.8 Å². The summed E-state index contributed by atoms with van der Waals surface area (Å²) in [4.78, 5) is 67.9. The van der Waals surface area contributed by atoms with Gasteiger partial charge >= 0.3 is 11.9 Å². The van der Waals surface area contributed by atoms with Gasteiger partial charge in [0.15, 0.2) is 0 Å². The molecule has 0 aliphatic heterocycles. The van der Waals surface area contributed by atoms with Crippen LogP contribution in [-0.2, 0) is 30.4 Å². The van der Waals surface area contributed by atoms with Crippen molar-refractivity contribution in [3.8, 4) is 0 Å². The Balaban J connectivity index is 2.94. The van der Waals surface area contributed by atoms with Gasteiger partial charge in [-0.3, -0.25) is 19.2 Å². The minimum absolute atomic E-state index is 0.0520. The first-order chi connectivity index (χ1) is 17.6. The normalized spacial score (nSPS) is 14.1. The number of nitrogens with zero attached hydrogens (tertiary/aromatic N) is 1. The van der Waals surface area contributed by atoms with Gasteiger partial charge in [0.25, 0.3) is 0 Å². The second-order valence-corrected chi connectivity index (χ2v) is 9.39. The molecule has 0 saturated carbocycles. The fourth-order valence-corrected chi connectivity index (χ4v) is 3.79. The van der Waals surface area contributed by atoms with Gasteiger partial charge in [-0.15, -0.1) is 0 Å². The molecule has 3 amide bonds. The van der Waals surface area contributed by atoms with Crippen molar-refractivity contribution in [2.75, 3.05) is 18.6 Å². The smallest absolute Gasteiger partial charge is 0.326 e. The maximum Gasteiger partial charge on any atom is 0.326 e.